The summed E-state index contributed by atoms with van der Waals surface area (Å²) in [5.41, 5.74) is 1.54. The molecule has 1 aromatic heterocycles. The number of nitrogens with zero attached hydrogens (tertiary/aromatic N) is 2. The van der Waals surface area contributed by atoms with Gasteiger partial charge in [0.2, 0.25) is 0 Å². The molecule has 0 radical (unpaired) electrons. The molecule has 0 spiro atoms. The number of hydrogen-bond donors (Lipinski definition) is 2. The molecule has 0 saturated heterocycles. The second kappa shape index (κ2) is 7.74. The van der Waals surface area contributed by atoms with E-state index in [1.807, 2.05) is 0 Å². The summed E-state index contributed by atoms with van der Waals surface area (Å²) in [5.74, 6) is -0.0600. The number of anilines is 2. The molecule has 25 heavy (non-hydrogen) atoms. The van der Waals surface area contributed by atoms with Gasteiger partial charge >= 0.3 is 5.97 Å². The molecule has 1 amide bonds. The summed E-state index contributed by atoms with van der Waals surface area (Å²) >= 11 is 0. The molecule has 0 bridgehead atoms. The Kier molecular flexibility index (Phi) is 5.23. The summed E-state index contributed by atoms with van der Waals surface area (Å²) in [4.78, 5) is 31.9. The van der Waals surface area contributed by atoms with Gasteiger partial charge in [-0.05, 0) is 37.1 Å². The van der Waals surface area contributed by atoms with Crippen LogP contribution in [0.1, 0.15) is 46.5 Å². The summed E-state index contributed by atoms with van der Waals surface area (Å²) in [7, 11) is 1.34. The largest absolute Gasteiger partial charge is 0.465 e. The highest BCUT2D eigenvalue weighted by molar-refractivity contribution is 5.93. The van der Waals surface area contributed by atoms with E-state index in [1.54, 1.807) is 30.3 Å². The lowest BCUT2D eigenvalue weighted by atomic mass is 10.2. The van der Waals surface area contributed by atoms with E-state index in [0.29, 0.717) is 17.1 Å². The van der Waals surface area contributed by atoms with E-state index in [0.717, 1.165) is 31.4 Å². The lowest BCUT2D eigenvalue weighted by molar-refractivity contribution is 0.0600. The molecule has 130 valence electrons. The van der Waals surface area contributed by atoms with Crippen molar-refractivity contribution in [1.29, 1.82) is 0 Å². The van der Waals surface area contributed by atoms with Gasteiger partial charge in [0.15, 0.2) is 0 Å². The fourth-order valence-electron chi connectivity index (χ4n) is 2.83. The van der Waals surface area contributed by atoms with E-state index in [4.69, 9.17) is 0 Å². The van der Waals surface area contributed by atoms with E-state index in [1.165, 1.54) is 13.4 Å². The zero-order valence-electron chi connectivity index (χ0n) is 14.0. The number of nitrogens with one attached hydrogen (secondary N) is 2. The third-order valence-corrected chi connectivity index (χ3v) is 4.17. The number of aromatic nitrogens is 2. The van der Waals surface area contributed by atoms with Gasteiger partial charge < -0.3 is 15.4 Å². The Morgan fingerprint density at radius 1 is 1.12 bits per heavy atom. The fraction of sp³-hybridized carbons (Fsp3) is 0.333. The predicted molar refractivity (Wildman–Crippen MR) is 92.8 cm³/mol. The molecule has 7 nitrogen and oxygen atoms in total. The summed E-state index contributed by atoms with van der Waals surface area (Å²) in [6, 6.07) is 8.65. The summed E-state index contributed by atoms with van der Waals surface area (Å²) in [6.45, 7) is 0. The van der Waals surface area contributed by atoms with E-state index in [9.17, 15) is 9.59 Å². The Morgan fingerprint density at radius 3 is 2.52 bits per heavy atom. The second-order valence-corrected chi connectivity index (χ2v) is 5.94. The number of amides is 1. The standard InChI is InChI=1S/C18H20N4O3/c1-25-18(24)12-6-8-14(9-7-12)21-16-10-15(19-11-20-16)17(23)22-13-4-2-3-5-13/h6-11,13H,2-5H2,1H3,(H,22,23)(H,19,20,21). The molecule has 2 aromatic rings. The first-order valence-corrected chi connectivity index (χ1v) is 8.24. The molecule has 7 heteroatoms. The van der Waals surface area contributed by atoms with Crippen molar-refractivity contribution < 1.29 is 14.3 Å². The summed E-state index contributed by atoms with van der Waals surface area (Å²) in [5, 5.41) is 6.10. The molecular weight excluding hydrogens is 320 g/mol. The number of ether oxygens (including phenoxy) is 1. The molecule has 1 aliphatic rings. The van der Waals surface area contributed by atoms with Crippen LogP contribution in [0, 0.1) is 0 Å². The maximum atomic E-state index is 12.3. The summed E-state index contributed by atoms with van der Waals surface area (Å²) < 4.78 is 4.67. The lowest BCUT2D eigenvalue weighted by Gasteiger charge is -2.12. The summed E-state index contributed by atoms with van der Waals surface area (Å²) in [6.07, 6.45) is 5.71. The van der Waals surface area contributed by atoms with Crippen molar-refractivity contribution >= 4 is 23.4 Å². The highest BCUT2D eigenvalue weighted by Gasteiger charge is 2.19. The van der Waals surface area contributed by atoms with Gasteiger partial charge in [-0.1, -0.05) is 12.8 Å². The number of rotatable bonds is 5. The zero-order valence-corrected chi connectivity index (χ0v) is 14.0. The van der Waals surface area contributed by atoms with Crippen LogP contribution in [0.5, 0.6) is 0 Å². The molecule has 0 aliphatic heterocycles. The molecular formula is C18H20N4O3. The lowest BCUT2D eigenvalue weighted by Crippen LogP contribution is -2.33. The van der Waals surface area contributed by atoms with Crippen molar-refractivity contribution in [1.82, 2.24) is 15.3 Å². The molecule has 1 aromatic carbocycles. The number of carbonyl (C=O) groups excluding carboxylic acids is 2. The predicted octanol–water partition coefficient (Wildman–Crippen LogP) is 2.68. The minimum absolute atomic E-state index is 0.182. The molecule has 1 aliphatic carbocycles. The number of esters is 1. The molecule has 3 rings (SSSR count). The molecule has 1 saturated carbocycles. The van der Waals surface area contributed by atoms with Gasteiger partial charge in [-0.15, -0.1) is 0 Å². The second-order valence-electron chi connectivity index (χ2n) is 5.94. The zero-order chi connectivity index (χ0) is 17.6. The SMILES string of the molecule is COC(=O)c1ccc(Nc2cc(C(=O)NC3CCCC3)ncn2)cc1. The maximum absolute atomic E-state index is 12.3. The van der Waals surface area contributed by atoms with Crippen molar-refractivity contribution in [2.75, 3.05) is 12.4 Å². The number of carbonyl (C=O) groups is 2. The molecule has 2 N–H and O–H groups in total. The van der Waals surface area contributed by atoms with Crippen LogP contribution in [0.15, 0.2) is 36.7 Å². The quantitative estimate of drug-likeness (QED) is 0.813. The average Bonchev–Trinajstić information content (AvgIpc) is 3.15. The first-order valence-electron chi connectivity index (χ1n) is 8.24. The van der Waals surface area contributed by atoms with Crippen LogP contribution < -0.4 is 10.6 Å². The maximum Gasteiger partial charge on any atom is 0.337 e. The molecule has 0 unspecified atom stereocenters. The van der Waals surface area contributed by atoms with Crippen LogP contribution in [-0.2, 0) is 4.74 Å². The smallest absolute Gasteiger partial charge is 0.337 e. The topological polar surface area (TPSA) is 93.2 Å². The minimum Gasteiger partial charge on any atom is -0.465 e. The van der Waals surface area contributed by atoms with Crippen LogP contribution in [-0.4, -0.2) is 35.0 Å². The fourth-order valence-corrected chi connectivity index (χ4v) is 2.83. The van der Waals surface area contributed by atoms with Gasteiger partial charge in [0.25, 0.3) is 5.91 Å². The third kappa shape index (κ3) is 4.32. The Morgan fingerprint density at radius 2 is 1.84 bits per heavy atom. The van der Waals surface area contributed by atoms with Crippen molar-refractivity contribution in [3.8, 4) is 0 Å². The van der Waals surface area contributed by atoms with E-state index >= 15 is 0 Å². The monoisotopic (exact) mass is 340 g/mol. The van der Waals surface area contributed by atoms with E-state index in [2.05, 4.69) is 25.3 Å². The van der Waals surface area contributed by atoms with Crippen molar-refractivity contribution in [2.45, 2.75) is 31.7 Å². The van der Waals surface area contributed by atoms with Crippen molar-refractivity contribution in [2.24, 2.45) is 0 Å². The van der Waals surface area contributed by atoms with Crippen LogP contribution in [0.4, 0.5) is 11.5 Å². The molecule has 1 heterocycles. The molecule has 0 atom stereocenters. The number of hydrogen-bond acceptors (Lipinski definition) is 6. The van der Waals surface area contributed by atoms with Gasteiger partial charge in [0, 0.05) is 17.8 Å². The average molecular weight is 340 g/mol. The molecule has 1 fully saturated rings. The first kappa shape index (κ1) is 16.9. The van der Waals surface area contributed by atoms with Crippen LogP contribution >= 0.6 is 0 Å². The Bertz CT molecular complexity index is 755. The van der Waals surface area contributed by atoms with Gasteiger partial charge in [-0.25, -0.2) is 14.8 Å². The highest BCUT2D eigenvalue weighted by atomic mass is 16.5. The third-order valence-electron chi connectivity index (χ3n) is 4.17. The van der Waals surface area contributed by atoms with Gasteiger partial charge in [-0.2, -0.15) is 0 Å². The van der Waals surface area contributed by atoms with E-state index < -0.39 is 0 Å². The number of benzene rings is 1. The Balaban J connectivity index is 1.66. The van der Waals surface area contributed by atoms with Gasteiger partial charge in [-0.3, -0.25) is 4.79 Å². The van der Waals surface area contributed by atoms with Gasteiger partial charge in [0.05, 0.1) is 12.7 Å². The van der Waals surface area contributed by atoms with Crippen molar-refractivity contribution in [3.63, 3.8) is 0 Å². The Labute approximate surface area is 145 Å². The normalized spacial score (nSPS) is 14.1. The van der Waals surface area contributed by atoms with Crippen molar-refractivity contribution in [3.05, 3.63) is 47.9 Å². The van der Waals surface area contributed by atoms with Gasteiger partial charge in [0.1, 0.15) is 17.8 Å². The minimum atomic E-state index is -0.389. The first-order chi connectivity index (χ1) is 12.2. The van der Waals surface area contributed by atoms with Crippen LogP contribution in [0.2, 0.25) is 0 Å². The highest BCUT2D eigenvalue weighted by Crippen LogP contribution is 2.19. The van der Waals surface area contributed by atoms with Crippen LogP contribution in [0.25, 0.3) is 0 Å². The van der Waals surface area contributed by atoms with E-state index in [-0.39, 0.29) is 17.9 Å². The number of methoxy groups -OCH3 is 1. The Hall–Kier alpha value is -2.96. The van der Waals surface area contributed by atoms with Crippen LogP contribution in [0.3, 0.4) is 0 Å².